The van der Waals surface area contributed by atoms with Crippen LogP contribution < -0.4 is 5.32 Å². The highest BCUT2D eigenvalue weighted by atomic mass is 16.5. The van der Waals surface area contributed by atoms with Crippen molar-refractivity contribution in [2.75, 3.05) is 19.7 Å². The van der Waals surface area contributed by atoms with E-state index < -0.39 is 0 Å². The van der Waals surface area contributed by atoms with E-state index in [1.54, 1.807) is 0 Å². The SMILES string of the molecule is CCc1nc(C2CNCCO2)c(C)[nH]1. The molecule has 1 fully saturated rings. The lowest BCUT2D eigenvalue weighted by Crippen LogP contribution is -2.33. The zero-order chi connectivity index (χ0) is 9.97. The summed E-state index contributed by atoms with van der Waals surface area (Å²) >= 11 is 0. The van der Waals surface area contributed by atoms with Crippen LogP contribution >= 0.6 is 0 Å². The van der Waals surface area contributed by atoms with Crippen molar-refractivity contribution in [3.05, 3.63) is 17.2 Å². The van der Waals surface area contributed by atoms with E-state index in [0.717, 1.165) is 43.3 Å². The molecule has 0 spiro atoms. The number of hydrogen-bond acceptors (Lipinski definition) is 3. The smallest absolute Gasteiger partial charge is 0.114 e. The maximum absolute atomic E-state index is 5.66. The van der Waals surface area contributed by atoms with Gasteiger partial charge in [0.15, 0.2) is 0 Å². The highest BCUT2D eigenvalue weighted by Crippen LogP contribution is 2.20. The van der Waals surface area contributed by atoms with Crippen LogP contribution in [0.2, 0.25) is 0 Å². The number of imidazole rings is 1. The van der Waals surface area contributed by atoms with Crippen LogP contribution in [0.1, 0.15) is 30.2 Å². The summed E-state index contributed by atoms with van der Waals surface area (Å²) in [4.78, 5) is 7.80. The predicted octanol–water partition coefficient (Wildman–Crippen LogP) is 0.941. The molecule has 0 aliphatic carbocycles. The Morgan fingerprint density at radius 3 is 3.00 bits per heavy atom. The standard InChI is InChI=1S/C10H17N3O/c1-3-9-12-7(2)10(13-9)8-6-11-4-5-14-8/h8,11H,3-6H2,1-2H3,(H,12,13). The predicted molar refractivity (Wildman–Crippen MR) is 54.3 cm³/mol. The molecular formula is C10H17N3O. The number of H-pyrrole nitrogens is 1. The number of morpholine rings is 1. The van der Waals surface area contributed by atoms with Crippen molar-refractivity contribution < 1.29 is 4.74 Å². The normalized spacial score (nSPS) is 22.6. The Kier molecular flexibility index (Phi) is 2.84. The molecule has 4 nitrogen and oxygen atoms in total. The van der Waals surface area contributed by atoms with Crippen molar-refractivity contribution in [1.29, 1.82) is 0 Å². The first-order valence-electron chi connectivity index (χ1n) is 5.19. The lowest BCUT2D eigenvalue weighted by atomic mass is 10.2. The quantitative estimate of drug-likeness (QED) is 0.738. The van der Waals surface area contributed by atoms with Gasteiger partial charge in [-0.15, -0.1) is 0 Å². The molecule has 2 heterocycles. The van der Waals surface area contributed by atoms with Gasteiger partial charge in [0, 0.05) is 25.2 Å². The molecule has 14 heavy (non-hydrogen) atoms. The molecule has 0 radical (unpaired) electrons. The van der Waals surface area contributed by atoms with Gasteiger partial charge in [0.05, 0.1) is 12.3 Å². The number of aryl methyl sites for hydroxylation is 2. The minimum atomic E-state index is 0.125. The molecule has 2 N–H and O–H groups in total. The molecule has 4 heteroatoms. The second-order valence-electron chi connectivity index (χ2n) is 3.61. The van der Waals surface area contributed by atoms with E-state index in [0.29, 0.717) is 0 Å². The van der Waals surface area contributed by atoms with E-state index in [1.807, 2.05) is 0 Å². The number of nitrogens with one attached hydrogen (secondary N) is 2. The van der Waals surface area contributed by atoms with E-state index in [-0.39, 0.29) is 6.10 Å². The van der Waals surface area contributed by atoms with E-state index >= 15 is 0 Å². The Hall–Kier alpha value is -0.870. The first-order chi connectivity index (χ1) is 6.81. The molecule has 1 aliphatic rings. The Bertz CT molecular complexity index is 302. The van der Waals surface area contributed by atoms with Gasteiger partial charge in [0.2, 0.25) is 0 Å². The Balaban J connectivity index is 2.17. The Morgan fingerprint density at radius 2 is 2.43 bits per heavy atom. The second kappa shape index (κ2) is 4.11. The van der Waals surface area contributed by atoms with Crippen molar-refractivity contribution in [2.24, 2.45) is 0 Å². The van der Waals surface area contributed by atoms with Gasteiger partial charge in [-0.1, -0.05) is 6.92 Å². The van der Waals surface area contributed by atoms with E-state index in [2.05, 4.69) is 29.1 Å². The van der Waals surface area contributed by atoms with E-state index in [1.165, 1.54) is 0 Å². The van der Waals surface area contributed by atoms with E-state index in [9.17, 15) is 0 Å². The number of aromatic amines is 1. The average Bonchev–Trinajstić information content (AvgIpc) is 2.61. The fourth-order valence-corrected chi connectivity index (χ4v) is 1.76. The largest absolute Gasteiger partial charge is 0.369 e. The first-order valence-corrected chi connectivity index (χ1v) is 5.19. The summed E-state index contributed by atoms with van der Waals surface area (Å²) < 4.78 is 5.66. The molecule has 1 aliphatic heterocycles. The summed E-state index contributed by atoms with van der Waals surface area (Å²) in [5.74, 6) is 1.05. The van der Waals surface area contributed by atoms with Gasteiger partial charge in [-0.25, -0.2) is 4.98 Å². The van der Waals surface area contributed by atoms with Gasteiger partial charge < -0.3 is 15.0 Å². The third kappa shape index (κ3) is 1.81. The molecular weight excluding hydrogens is 178 g/mol. The number of hydrogen-bond donors (Lipinski definition) is 2. The Morgan fingerprint density at radius 1 is 1.57 bits per heavy atom. The van der Waals surface area contributed by atoms with Crippen molar-refractivity contribution in [3.63, 3.8) is 0 Å². The summed E-state index contributed by atoms with van der Waals surface area (Å²) in [6, 6.07) is 0. The lowest BCUT2D eigenvalue weighted by Gasteiger charge is -2.22. The minimum Gasteiger partial charge on any atom is -0.369 e. The Labute approximate surface area is 84.1 Å². The van der Waals surface area contributed by atoms with Crippen LogP contribution in [-0.4, -0.2) is 29.7 Å². The first kappa shape index (κ1) is 9.68. The molecule has 1 aromatic rings. The average molecular weight is 195 g/mol. The number of nitrogens with zero attached hydrogens (tertiary/aromatic N) is 1. The summed E-state index contributed by atoms with van der Waals surface area (Å²) in [6.45, 7) is 6.75. The van der Waals surface area contributed by atoms with Gasteiger partial charge in [0.25, 0.3) is 0 Å². The van der Waals surface area contributed by atoms with Crippen molar-refractivity contribution in [1.82, 2.24) is 15.3 Å². The maximum Gasteiger partial charge on any atom is 0.114 e. The highest BCUT2D eigenvalue weighted by molar-refractivity contribution is 5.16. The van der Waals surface area contributed by atoms with Crippen LogP contribution in [0.15, 0.2) is 0 Å². The van der Waals surface area contributed by atoms with Gasteiger partial charge in [-0.3, -0.25) is 0 Å². The third-order valence-electron chi connectivity index (χ3n) is 2.54. The molecule has 1 saturated heterocycles. The zero-order valence-electron chi connectivity index (χ0n) is 8.76. The maximum atomic E-state index is 5.66. The van der Waals surface area contributed by atoms with Crippen molar-refractivity contribution in [3.8, 4) is 0 Å². The molecule has 0 aromatic carbocycles. The second-order valence-corrected chi connectivity index (χ2v) is 3.61. The van der Waals surface area contributed by atoms with Crippen LogP contribution in [0, 0.1) is 6.92 Å². The monoisotopic (exact) mass is 195 g/mol. The van der Waals surface area contributed by atoms with Gasteiger partial charge in [-0.2, -0.15) is 0 Å². The van der Waals surface area contributed by atoms with Gasteiger partial charge in [-0.05, 0) is 6.92 Å². The molecule has 1 atom stereocenters. The fourth-order valence-electron chi connectivity index (χ4n) is 1.76. The highest BCUT2D eigenvalue weighted by Gasteiger charge is 2.20. The van der Waals surface area contributed by atoms with Crippen LogP contribution in [0.5, 0.6) is 0 Å². The summed E-state index contributed by atoms with van der Waals surface area (Å²) in [5.41, 5.74) is 2.20. The molecule has 78 valence electrons. The van der Waals surface area contributed by atoms with Gasteiger partial charge >= 0.3 is 0 Å². The fraction of sp³-hybridized carbons (Fsp3) is 0.700. The van der Waals surface area contributed by atoms with E-state index in [4.69, 9.17) is 4.74 Å². The molecule has 0 amide bonds. The lowest BCUT2D eigenvalue weighted by molar-refractivity contribution is 0.0248. The number of rotatable bonds is 2. The summed E-state index contributed by atoms with van der Waals surface area (Å²) in [7, 11) is 0. The molecule has 2 rings (SSSR count). The summed E-state index contributed by atoms with van der Waals surface area (Å²) in [5, 5.41) is 3.31. The van der Waals surface area contributed by atoms with Gasteiger partial charge in [0.1, 0.15) is 11.9 Å². The van der Waals surface area contributed by atoms with Crippen LogP contribution in [-0.2, 0) is 11.2 Å². The molecule has 0 bridgehead atoms. The molecule has 1 unspecified atom stereocenters. The van der Waals surface area contributed by atoms with Crippen LogP contribution in [0.25, 0.3) is 0 Å². The van der Waals surface area contributed by atoms with Crippen molar-refractivity contribution in [2.45, 2.75) is 26.4 Å². The molecule has 1 aromatic heterocycles. The topological polar surface area (TPSA) is 49.9 Å². The number of ether oxygens (including phenoxy) is 1. The minimum absolute atomic E-state index is 0.125. The number of aromatic nitrogens is 2. The molecule has 0 saturated carbocycles. The summed E-state index contributed by atoms with van der Waals surface area (Å²) in [6.07, 6.45) is 1.07. The van der Waals surface area contributed by atoms with Crippen molar-refractivity contribution >= 4 is 0 Å². The third-order valence-corrected chi connectivity index (χ3v) is 2.54. The zero-order valence-corrected chi connectivity index (χ0v) is 8.76. The van der Waals surface area contributed by atoms with Crippen LogP contribution in [0.4, 0.5) is 0 Å². The van der Waals surface area contributed by atoms with Crippen LogP contribution in [0.3, 0.4) is 0 Å².